The number of pyridine rings is 1. The van der Waals surface area contributed by atoms with E-state index in [0.717, 1.165) is 22.7 Å². The smallest absolute Gasteiger partial charge is 0.427 e. The van der Waals surface area contributed by atoms with Crippen LogP contribution in [0.15, 0.2) is 36.4 Å². The Hall–Kier alpha value is -4.29. The molecule has 13 heteroatoms. The summed E-state index contributed by atoms with van der Waals surface area (Å²) in [5.41, 5.74) is 0.359. The fourth-order valence-electron chi connectivity index (χ4n) is 4.35. The molecule has 3 amide bonds. The van der Waals surface area contributed by atoms with Crippen molar-refractivity contribution >= 4 is 52.1 Å². The van der Waals surface area contributed by atoms with Crippen LogP contribution in [0.5, 0.6) is 5.75 Å². The minimum Gasteiger partial charge on any atom is -0.443 e. The highest BCUT2D eigenvalue weighted by molar-refractivity contribution is 6.34. The number of hydrogen-bond acceptors (Lipinski definition) is 8. The van der Waals surface area contributed by atoms with Crippen molar-refractivity contribution < 1.29 is 37.8 Å². The fraction of sp³-hybridized carbons (Fsp3) is 0.406. The number of hydrazine groups is 1. The zero-order chi connectivity index (χ0) is 33.3. The Morgan fingerprint density at radius 2 is 1.69 bits per heavy atom. The second-order valence-corrected chi connectivity index (χ2v) is 13.0. The van der Waals surface area contributed by atoms with Crippen LogP contribution < -0.4 is 15.2 Å². The molecule has 0 bridgehead atoms. The van der Waals surface area contributed by atoms with E-state index >= 15 is 0 Å². The van der Waals surface area contributed by atoms with E-state index < -0.39 is 52.0 Å². The van der Waals surface area contributed by atoms with Gasteiger partial charge in [-0.15, -0.1) is 0 Å². The Morgan fingerprint density at radius 3 is 2.29 bits per heavy atom. The molecule has 0 aliphatic carbocycles. The number of amides is 3. The summed E-state index contributed by atoms with van der Waals surface area (Å²) in [7, 11) is 0. The normalized spacial score (nSPS) is 13.8. The average Bonchev–Trinajstić information content (AvgIpc) is 2.94. The molecule has 1 N–H and O–H groups in total. The van der Waals surface area contributed by atoms with Gasteiger partial charge in [-0.3, -0.25) is 14.4 Å². The minimum atomic E-state index is -1.04. The minimum absolute atomic E-state index is 0.0279. The summed E-state index contributed by atoms with van der Waals surface area (Å²) in [5.74, 6) is -3.43. The molecule has 1 saturated heterocycles. The number of nitrogens with one attached hydrogen (secondary N) is 1. The zero-order valence-electron chi connectivity index (χ0n) is 26.2. The van der Waals surface area contributed by atoms with Crippen molar-refractivity contribution in [2.24, 2.45) is 5.41 Å². The topological polar surface area (TPSA) is 127 Å². The molecule has 240 valence electrons. The summed E-state index contributed by atoms with van der Waals surface area (Å²) < 4.78 is 31.1. The van der Waals surface area contributed by atoms with Crippen molar-refractivity contribution in [1.82, 2.24) is 15.3 Å². The molecule has 1 aromatic heterocycles. The largest absolute Gasteiger partial charge is 0.443 e. The third-order valence-corrected chi connectivity index (χ3v) is 6.87. The number of carbonyl (C=O) groups excluding carboxylic acids is 4. The quantitative estimate of drug-likeness (QED) is 0.278. The lowest BCUT2D eigenvalue weighted by Crippen LogP contribution is -2.49. The first-order valence-corrected chi connectivity index (χ1v) is 14.7. The van der Waals surface area contributed by atoms with Gasteiger partial charge in [0.25, 0.3) is 11.8 Å². The van der Waals surface area contributed by atoms with Crippen LogP contribution >= 0.6 is 11.6 Å². The number of carbonyl (C=O) groups is 4. The molecule has 0 atom stereocenters. The summed E-state index contributed by atoms with van der Waals surface area (Å²) in [6, 6.07) is 8.23. The summed E-state index contributed by atoms with van der Waals surface area (Å²) in [6.45, 7) is 12.4. The van der Waals surface area contributed by atoms with Crippen LogP contribution in [-0.4, -0.2) is 65.7 Å². The number of nitrogens with zero attached hydrogens (tertiary/aromatic N) is 3. The monoisotopic (exact) mass is 642 g/mol. The van der Waals surface area contributed by atoms with Crippen LogP contribution in [0.3, 0.4) is 0 Å². The van der Waals surface area contributed by atoms with Crippen LogP contribution in [0.4, 0.5) is 14.9 Å². The summed E-state index contributed by atoms with van der Waals surface area (Å²) in [5, 5.41) is 0.986. The van der Waals surface area contributed by atoms with Gasteiger partial charge in [0.1, 0.15) is 22.7 Å². The first-order chi connectivity index (χ1) is 21.0. The van der Waals surface area contributed by atoms with Crippen LogP contribution in [-0.2, 0) is 14.3 Å². The van der Waals surface area contributed by atoms with E-state index in [9.17, 15) is 23.6 Å². The molecule has 1 aliphatic heterocycles. The van der Waals surface area contributed by atoms with Crippen LogP contribution in [0.1, 0.15) is 68.0 Å². The van der Waals surface area contributed by atoms with Gasteiger partial charge in [-0.2, -0.15) is 0 Å². The maximum absolute atomic E-state index is 14.8. The highest BCUT2D eigenvalue weighted by Gasteiger charge is 2.37. The van der Waals surface area contributed by atoms with Gasteiger partial charge < -0.3 is 19.1 Å². The molecule has 11 nitrogen and oxygen atoms in total. The van der Waals surface area contributed by atoms with Crippen LogP contribution in [0.2, 0.25) is 5.02 Å². The van der Waals surface area contributed by atoms with E-state index in [2.05, 4.69) is 10.4 Å². The van der Waals surface area contributed by atoms with E-state index in [-0.39, 0.29) is 53.7 Å². The van der Waals surface area contributed by atoms with Gasteiger partial charge in [0.2, 0.25) is 0 Å². The molecule has 0 unspecified atom stereocenters. The maximum Gasteiger partial charge on any atom is 0.427 e. The van der Waals surface area contributed by atoms with Crippen molar-refractivity contribution in [3.8, 4) is 5.75 Å². The van der Waals surface area contributed by atoms with Crippen LogP contribution in [0.25, 0.3) is 10.9 Å². The molecule has 0 spiro atoms. The number of fused-ring (bicyclic) bond motifs is 1. The van der Waals surface area contributed by atoms with Crippen molar-refractivity contribution in [2.45, 2.75) is 54.1 Å². The Kier molecular flexibility index (Phi) is 9.69. The lowest BCUT2D eigenvalue weighted by Gasteiger charge is -2.30. The highest BCUT2D eigenvalue weighted by Crippen LogP contribution is 2.37. The standard InChI is InChI=1S/C32H36ClFN4O7/c1-18-8-11-23(21(33)16-18)38(36-30(42)45-32(5,6)7)27(39)24-25(28(40)37-12-14-43-15-13-37)35-22-17-19(34)9-10-20(22)26(24)44-29(41)31(2,3)4/h8-11,16-17H,12-15H2,1-7H3,(H,36,42). The van der Waals surface area contributed by atoms with E-state index in [4.69, 9.17) is 25.8 Å². The number of ether oxygens (including phenoxy) is 3. The zero-order valence-corrected chi connectivity index (χ0v) is 27.0. The number of hydrogen-bond donors (Lipinski definition) is 1. The number of benzene rings is 2. The molecule has 0 radical (unpaired) electrons. The average molecular weight is 643 g/mol. The number of rotatable bonds is 4. The molecule has 1 aliphatic rings. The first kappa shape index (κ1) is 33.6. The fourth-order valence-corrected chi connectivity index (χ4v) is 4.67. The van der Waals surface area contributed by atoms with Crippen molar-refractivity contribution in [1.29, 1.82) is 0 Å². The molecule has 45 heavy (non-hydrogen) atoms. The maximum atomic E-state index is 14.8. The van der Waals surface area contributed by atoms with E-state index in [1.807, 2.05) is 0 Å². The Bertz CT molecular complexity index is 1660. The molecular weight excluding hydrogens is 607 g/mol. The highest BCUT2D eigenvalue weighted by atomic mass is 35.5. The predicted octanol–water partition coefficient (Wildman–Crippen LogP) is 5.85. The first-order valence-electron chi connectivity index (χ1n) is 14.3. The predicted molar refractivity (Wildman–Crippen MR) is 166 cm³/mol. The second-order valence-electron chi connectivity index (χ2n) is 12.6. The third kappa shape index (κ3) is 7.87. The molecule has 4 rings (SSSR count). The Morgan fingerprint density at radius 1 is 1.02 bits per heavy atom. The van der Waals surface area contributed by atoms with Crippen molar-refractivity contribution in [3.63, 3.8) is 0 Å². The number of aryl methyl sites for hydroxylation is 1. The van der Waals surface area contributed by atoms with Gasteiger partial charge in [0.15, 0.2) is 5.75 Å². The Balaban J connectivity index is 2.02. The van der Waals surface area contributed by atoms with Gasteiger partial charge in [-0.25, -0.2) is 24.6 Å². The van der Waals surface area contributed by atoms with Crippen molar-refractivity contribution in [3.05, 3.63) is 64.1 Å². The van der Waals surface area contributed by atoms with Gasteiger partial charge in [0, 0.05) is 24.5 Å². The lowest BCUT2D eigenvalue weighted by molar-refractivity contribution is -0.142. The lowest BCUT2D eigenvalue weighted by atomic mass is 9.97. The third-order valence-electron chi connectivity index (χ3n) is 6.57. The number of morpholine rings is 1. The number of halogens is 2. The molecule has 1 fully saturated rings. The number of aromatic nitrogens is 1. The summed E-state index contributed by atoms with van der Waals surface area (Å²) in [4.78, 5) is 61.0. The second kappa shape index (κ2) is 13.0. The molecule has 2 aromatic carbocycles. The molecule has 3 aromatic rings. The Labute approximate surface area is 265 Å². The summed E-state index contributed by atoms with van der Waals surface area (Å²) >= 11 is 6.58. The molecular formula is C32H36ClFN4O7. The number of esters is 1. The van der Waals surface area contributed by atoms with Crippen molar-refractivity contribution in [2.75, 3.05) is 31.3 Å². The van der Waals surface area contributed by atoms with Gasteiger partial charge in [-0.05, 0) is 78.3 Å². The van der Waals surface area contributed by atoms with E-state index in [1.165, 1.54) is 17.0 Å². The number of anilines is 1. The summed E-state index contributed by atoms with van der Waals surface area (Å²) in [6.07, 6.45) is -1.00. The molecule has 2 heterocycles. The molecule has 0 saturated carbocycles. The van der Waals surface area contributed by atoms with Gasteiger partial charge >= 0.3 is 12.1 Å². The van der Waals surface area contributed by atoms with Gasteiger partial charge in [-0.1, -0.05) is 17.7 Å². The van der Waals surface area contributed by atoms with Crippen LogP contribution in [0, 0.1) is 18.2 Å². The van der Waals surface area contributed by atoms with E-state index in [1.54, 1.807) is 60.6 Å². The van der Waals surface area contributed by atoms with Gasteiger partial charge in [0.05, 0.1) is 34.9 Å². The van der Waals surface area contributed by atoms with E-state index in [0.29, 0.717) is 0 Å². The SMILES string of the molecule is Cc1ccc(N(NC(=O)OC(C)(C)C)C(=O)c2c(C(=O)N3CCOCC3)nc3cc(F)ccc3c2OC(=O)C(C)(C)C)c(Cl)c1.